The van der Waals surface area contributed by atoms with Gasteiger partial charge < -0.3 is 4.74 Å². The number of hydrogen-bond acceptors (Lipinski definition) is 2. The smallest absolute Gasteiger partial charge is 0.123 e. The number of halogens is 1. The molecule has 0 spiro atoms. The van der Waals surface area contributed by atoms with Crippen molar-refractivity contribution < 1.29 is 4.74 Å². The highest BCUT2D eigenvalue weighted by molar-refractivity contribution is 7.16. The third kappa shape index (κ3) is 2.77. The standard InChI is InChI=1S/C13H13ClOS/c1-2-10-5-3-4-6-12(10)15-9-11-7-8-13(14)16-11/h3-8H,2,9H2,1H3. The monoisotopic (exact) mass is 252 g/mol. The van der Waals surface area contributed by atoms with Crippen molar-refractivity contribution in [1.29, 1.82) is 0 Å². The van der Waals surface area contributed by atoms with Crippen molar-refractivity contribution in [1.82, 2.24) is 0 Å². The van der Waals surface area contributed by atoms with E-state index in [4.69, 9.17) is 16.3 Å². The molecule has 16 heavy (non-hydrogen) atoms. The van der Waals surface area contributed by atoms with E-state index >= 15 is 0 Å². The summed E-state index contributed by atoms with van der Waals surface area (Å²) in [6.07, 6.45) is 0.987. The Morgan fingerprint density at radius 1 is 1.19 bits per heavy atom. The van der Waals surface area contributed by atoms with Gasteiger partial charge in [-0.15, -0.1) is 11.3 Å². The lowest BCUT2D eigenvalue weighted by molar-refractivity contribution is 0.306. The predicted molar refractivity (Wildman–Crippen MR) is 69.5 cm³/mol. The maximum absolute atomic E-state index is 5.86. The number of rotatable bonds is 4. The molecule has 3 heteroatoms. The van der Waals surface area contributed by atoms with Crippen molar-refractivity contribution in [2.75, 3.05) is 0 Å². The van der Waals surface area contributed by atoms with Gasteiger partial charge >= 0.3 is 0 Å². The third-order valence-corrected chi connectivity index (χ3v) is 3.56. The van der Waals surface area contributed by atoms with Crippen molar-refractivity contribution in [3.8, 4) is 5.75 Å². The summed E-state index contributed by atoms with van der Waals surface area (Å²) in [5.74, 6) is 0.967. The molecule has 1 heterocycles. The Bertz CT molecular complexity index is 464. The Balaban J connectivity index is 2.04. The van der Waals surface area contributed by atoms with Crippen LogP contribution < -0.4 is 4.74 Å². The van der Waals surface area contributed by atoms with E-state index in [9.17, 15) is 0 Å². The number of para-hydroxylation sites is 1. The number of hydrogen-bond donors (Lipinski definition) is 0. The van der Waals surface area contributed by atoms with Crippen LogP contribution in [0.3, 0.4) is 0 Å². The molecule has 0 radical (unpaired) electrons. The number of thiophene rings is 1. The summed E-state index contributed by atoms with van der Waals surface area (Å²) in [6.45, 7) is 2.72. The van der Waals surface area contributed by atoms with Gasteiger partial charge in [0.25, 0.3) is 0 Å². The van der Waals surface area contributed by atoms with E-state index in [1.54, 1.807) is 11.3 Å². The van der Waals surface area contributed by atoms with Crippen LogP contribution in [0.5, 0.6) is 5.75 Å². The van der Waals surface area contributed by atoms with Gasteiger partial charge in [-0.1, -0.05) is 36.7 Å². The van der Waals surface area contributed by atoms with Crippen LogP contribution in [-0.2, 0) is 13.0 Å². The fraction of sp³-hybridized carbons (Fsp3) is 0.231. The predicted octanol–water partition coefficient (Wildman–Crippen LogP) is 4.54. The molecule has 84 valence electrons. The van der Waals surface area contributed by atoms with Crippen LogP contribution in [0.15, 0.2) is 36.4 Å². The zero-order valence-electron chi connectivity index (χ0n) is 9.07. The first-order chi connectivity index (χ1) is 7.79. The molecular weight excluding hydrogens is 240 g/mol. The van der Waals surface area contributed by atoms with Crippen molar-refractivity contribution >= 4 is 22.9 Å². The van der Waals surface area contributed by atoms with E-state index in [1.807, 2.05) is 30.3 Å². The third-order valence-electron chi connectivity index (χ3n) is 2.35. The molecule has 0 N–H and O–H groups in total. The fourth-order valence-electron chi connectivity index (χ4n) is 1.51. The second-order valence-corrected chi connectivity index (χ2v) is 5.26. The summed E-state index contributed by atoms with van der Waals surface area (Å²) in [5.41, 5.74) is 1.24. The quantitative estimate of drug-likeness (QED) is 0.776. The summed E-state index contributed by atoms with van der Waals surface area (Å²) >= 11 is 7.42. The van der Waals surface area contributed by atoms with E-state index in [-0.39, 0.29) is 0 Å². The molecule has 0 saturated heterocycles. The van der Waals surface area contributed by atoms with Crippen molar-refractivity contribution in [3.05, 3.63) is 51.2 Å². The molecule has 0 atom stereocenters. The van der Waals surface area contributed by atoms with E-state index in [2.05, 4.69) is 13.0 Å². The lowest BCUT2D eigenvalue weighted by atomic mass is 10.1. The molecule has 1 aromatic heterocycles. The molecule has 0 aliphatic rings. The summed E-state index contributed by atoms with van der Waals surface area (Å²) in [7, 11) is 0. The van der Waals surface area contributed by atoms with Gasteiger partial charge in [-0.3, -0.25) is 0 Å². The largest absolute Gasteiger partial charge is 0.488 e. The SMILES string of the molecule is CCc1ccccc1OCc1ccc(Cl)s1. The molecule has 0 fully saturated rings. The minimum atomic E-state index is 0.592. The topological polar surface area (TPSA) is 9.23 Å². The molecule has 1 aromatic carbocycles. The van der Waals surface area contributed by atoms with Gasteiger partial charge in [-0.2, -0.15) is 0 Å². The Morgan fingerprint density at radius 3 is 2.69 bits per heavy atom. The molecule has 1 nitrogen and oxygen atoms in total. The van der Waals surface area contributed by atoms with Crippen molar-refractivity contribution in [2.24, 2.45) is 0 Å². The molecule has 0 saturated carbocycles. The molecule has 0 unspecified atom stereocenters. The minimum Gasteiger partial charge on any atom is -0.488 e. The summed E-state index contributed by atoms with van der Waals surface area (Å²) in [6, 6.07) is 12.0. The van der Waals surface area contributed by atoms with Crippen LogP contribution in [0, 0.1) is 0 Å². The van der Waals surface area contributed by atoms with Crippen LogP contribution in [0.4, 0.5) is 0 Å². The molecule has 0 amide bonds. The maximum atomic E-state index is 5.86. The molecular formula is C13H13ClOS. The summed E-state index contributed by atoms with van der Waals surface area (Å²) in [4.78, 5) is 1.15. The summed E-state index contributed by atoms with van der Waals surface area (Å²) in [5, 5.41) is 0. The van der Waals surface area contributed by atoms with Gasteiger partial charge in [0.05, 0.1) is 4.34 Å². The average Bonchev–Trinajstić information content (AvgIpc) is 2.73. The van der Waals surface area contributed by atoms with Crippen LogP contribution in [0.25, 0.3) is 0 Å². The highest BCUT2D eigenvalue weighted by Crippen LogP contribution is 2.24. The number of ether oxygens (including phenoxy) is 1. The van der Waals surface area contributed by atoms with Crippen molar-refractivity contribution in [2.45, 2.75) is 20.0 Å². The zero-order valence-corrected chi connectivity index (χ0v) is 10.6. The van der Waals surface area contributed by atoms with E-state index in [0.717, 1.165) is 21.4 Å². The lowest BCUT2D eigenvalue weighted by Crippen LogP contribution is -1.95. The Morgan fingerprint density at radius 2 is 2.00 bits per heavy atom. The van der Waals surface area contributed by atoms with Crippen LogP contribution in [-0.4, -0.2) is 0 Å². The Kier molecular flexibility index (Phi) is 3.86. The first kappa shape index (κ1) is 11.5. The molecule has 0 aliphatic carbocycles. The first-order valence-corrected chi connectivity index (χ1v) is 6.44. The maximum Gasteiger partial charge on any atom is 0.123 e. The van der Waals surface area contributed by atoms with Gasteiger partial charge in [0.2, 0.25) is 0 Å². The minimum absolute atomic E-state index is 0.592. The number of benzene rings is 1. The van der Waals surface area contributed by atoms with Crippen LogP contribution in [0.2, 0.25) is 4.34 Å². The zero-order chi connectivity index (χ0) is 11.4. The fourth-order valence-corrected chi connectivity index (χ4v) is 2.52. The van der Waals surface area contributed by atoms with Gasteiger partial charge in [0.1, 0.15) is 12.4 Å². The Hall–Kier alpha value is -0.990. The van der Waals surface area contributed by atoms with Crippen LogP contribution in [0.1, 0.15) is 17.4 Å². The highest BCUT2D eigenvalue weighted by Gasteiger charge is 2.02. The van der Waals surface area contributed by atoms with Gasteiger partial charge in [0.15, 0.2) is 0 Å². The summed E-state index contributed by atoms with van der Waals surface area (Å²) < 4.78 is 6.59. The van der Waals surface area contributed by atoms with Gasteiger partial charge in [0, 0.05) is 4.88 Å². The van der Waals surface area contributed by atoms with E-state index in [1.165, 1.54) is 5.56 Å². The van der Waals surface area contributed by atoms with E-state index < -0.39 is 0 Å². The Labute approximate surface area is 105 Å². The first-order valence-electron chi connectivity index (χ1n) is 5.24. The van der Waals surface area contributed by atoms with E-state index in [0.29, 0.717) is 6.61 Å². The van der Waals surface area contributed by atoms with Crippen LogP contribution >= 0.6 is 22.9 Å². The highest BCUT2D eigenvalue weighted by atomic mass is 35.5. The van der Waals surface area contributed by atoms with Gasteiger partial charge in [-0.25, -0.2) is 0 Å². The lowest BCUT2D eigenvalue weighted by Gasteiger charge is -2.08. The van der Waals surface area contributed by atoms with Crippen molar-refractivity contribution in [3.63, 3.8) is 0 Å². The second-order valence-electron chi connectivity index (χ2n) is 3.46. The molecule has 0 aliphatic heterocycles. The average molecular weight is 253 g/mol. The molecule has 2 rings (SSSR count). The van der Waals surface area contributed by atoms with Gasteiger partial charge in [-0.05, 0) is 30.2 Å². The number of aryl methyl sites for hydroxylation is 1. The molecule has 2 aromatic rings. The molecule has 0 bridgehead atoms. The normalized spacial score (nSPS) is 10.4. The second kappa shape index (κ2) is 5.37.